The number of nitrogens with zero attached hydrogens (tertiary/aromatic N) is 3. The zero-order valence-electron chi connectivity index (χ0n) is 10.3. The third-order valence-electron chi connectivity index (χ3n) is 3.35. The van der Waals surface area contributed by atoms with E-state index in [1.54, 1.807) is 16.9 Å². The summed E-state index contributed by atoms with van der Waals surface area (Å²) in [6, 6.07) is 1.76. The zero-order chi connectivity index (χ0) is 12.7. The lowest BCUT2D eigenvalue weighted by molar-refractivity contribution is 0.0599. The highest BCUT2D eigenvalue weighted by molar-refractivity contribution is 5.91. The molecule has 2 aromatic rings. The van der Waals surface area contributed by atoms with E-state index in [4.69, 9.17) is 4.74 Å². The van der Waals surface area contributed by atoms with Crippen LogP contribution in [0.25, 0.3) is 0 Å². The highest BCUT2D eigenvalue weighted by atomic mass is 16.5. The van der Waals surface area contributed by atoms with E-state index in [9.17, 15) is 4.79 Å². The molecule has 1 aliphatic rings. The molecule has 3 rings (SSSR count). The maximum absolute atomic E-state index is 11.6. The fourth-order valence-electron chi connectivity index (χ4n) is 2.35. The summed E-state index contributed by atoms with van der Waals surface area (Å²) < 4.78 is 6.46. The molecule has 1 unspecified atom stereocenters. The lowest BCUT2D eigenvalue weighted by atomic mass is 10.1. The Kier molecular flexibility index (Phi) is 2.43. The summed E-state index contributed by atoms with van der Waals surface area (Å²) in [5.41, 5.74) is 2.54. The Hall–Kier alpha value is -2.11. The minimum atomic E-state index is -0.295. The SMILES string of the molecule is COC(=O)c1cc[nH]c1C1C[C@@H]1c1cn(C)nn1. The van der Waals surface area contributed by atoms with Crippen molar-refractivity contribution in [1.82, 2.24) is 20.0 Å². The van der Waals surface area contributed by atoms with Crippen molar-refractivity contribution in [3.05, 3.63) is 35.4 Å². The maximum Gasteiger partial charge on any atom is 0.339 e. The van der Waals surface area contributed by atoms with Crippen LogP contribution in [-0.2, 0) is 11.8 Å². The second-order valence-electron chi connectivity index (χ2n) is 4.56. The van der Waals surface area contributed by atoms with Gasteiger partial charge in [0.1, 0.15) is 0 Å². The first-order valence-electron chi connectivity index (χ1n) is 5.82. The van der Waals surface area contributed by atoms with Crippen molar-refractivity contribution in [3.8, 4) is 0 Å². The Bertz CT molecular complexity index is 586. The lowest BCUT2D eigenvalue weighted by Gasteiger charge is -2.00. The number of hydrogen-bond donors (Lipinski definition) is 1. The molecule has 2 aromatic heterocycles. The van der Waals surface area contributed by atoms with Crippen LogP contribution in [0, 0.1) is 0 Å². The molecule has 0 saturated heterocycles. The Balaban J connectivity index is 1.82. The number of hydrogen-bond acceptors (Lipinski definition) is 4. The monoisotopic (exact) mass is 246 g/mol. The minimum Gasteiger partial charge on any atom is -0.465 e. The fourth-order valence-corrected chi connectivity index (χ4v) is 2.35. The molecular weight excluding hydrogens is 232 g/mol. The highest BCUT2D eigenvalue weighted by Gasteiger charge is 2.44. The second-order valence-corrected chi connectivity index (χ2v) is 4.56. The van der Waals surface area contributed by atoms with Crippen LogP contribution < -0.4 is 0 Å². The first kappa shape index (κ1) is 11.0. The van der Waals surface area contributed by atoms with Crippen molar-refractivity contribution in [3.63, 3.8) is 0 Å². The van der Waals surface area contributed by atoms with Gasteiger partial charge in [0.25, 0.3) is 0 Å². The van der Waals surface area contributed by atoms with Gasteiger partial charge in [-0.15, -0.1) is 5.10 Å². The van der Waals surface area contributed by atoms with Gasteiger partial charge in [-0.2, -0.15) is 0 Å². The van der Waals surface area contributed by atoms with E-state index in [0.29, 0.717) is 17.4 Å². The molecule has 1 saturated carbocycles. The quantitative estimate of drug-likeness (QED) is 0.826. The van der Waals surface area contributed by atoms with E-state index in [0.717, 1.165) is 17.8 Å². The smallest absolute Gasteiger partial charge is 0.339 e. The van der Waals surface area contributed by atoms with Crippen molar-refractivity contribution in [2.75, 3.05) is 7.11 Å². The molecule has 0 bridgehead atoms. The van der Waals surface area contributed by atoms with Crippen molar-refractivity contribution < 1.29 is 9.53 Å². The molecule has 1 aliphatic carbocycles. The van der Waals surface area contributed by atoms with Crippen LogP contribution in [-0.4, -0.2) is 33.1 Å². The third kappa shape index (κ3) is 1.70. The number of esters is 1. The van der Waals surface area contributed by atoms with Gasteiger partial charge >= 0.3 is 5.97 Å². The van der Waals surface area contributed by atoms with E-state index < -0.39 is 0 Å². The Morgan fingerprint density at radius 2 is 2.39 bits per heavy atom. The summed E-state index contributed by atoms with van der Waals surface area (Å²) in [4.78, 5) is 14.7. The third-order valence-corrected chi connectivity index (χ3v) is 3.35. The van der Waals surface area contributed by atoms with Gasteiger partial charge in [-0.1, -0.05) is 5.21 Å². The number of methoxy groups -OCH3 is 1. The van der Waals surface area contributed by atoms with E-state index in [-0.39, 0.29) is 5.97 Å². The van der Waals surface area contributed by atoms with Crippen LogP contribution in [0.2, 0.25) is 0 Å². The number of aryl methyl sites for hydroxylation is 1. The van der Waals surface area contributed by atoms with Crippen LogP contribution in [0.5, 0.6) is 0 Å². The van der Waals surface area contributed by atoms with Crippen molar-refractivity contribution in [2.24, 2.45) is 7.05 Å². The van der Waals surface area contributed by atoms with Gasteiger partial charge in [-0.25, -0.2) is 4.79 Å². The number of H-pyrrole nitrogens is 1. The normalized spacial score (nSPS) is 21.9. The Morgan fingerprint density at radius 1 is 1.56 bits per heavy atom. The number of carbonyl (C=O) groups excluding carboxylic acids is 1. The molecule has 0 amide bonds. The average molecular weight is 246 g/mol. The molecule has 1 N–H and O–H groups in total. The zero-order valence-corrected chi connectivity index (χ0v) is 10.3. The molecule has 0 spiro atoms. The number of rotatable bonds is 3. The molecule has 1 fully saturated rings. The summed E-state index contributed by atoms with van der Waals surface area (Å²) in [7, 11) is 3.24. The van der Waals surface area contributed by atoms with Crippen molar-refractivity contribution in [2.45, 2.75) is 18.3 Å². The topological polar surface area (TPSA) is 72.8 Å². The molecule has 18 heavy (non-hydrogen) atoms. The second kappa shape index (κ2) is 3.97. The van der Waals surface area contributed by atoms with Gasteiger partial charge in [0.2, 0.25) is 0 Å². The van der Waals surface area contributed by atoms with Crippen LogP contribution in [0.3, 0.4) is 0 Å². The molecule has 2 heterocycles. The summed E-state index contributed by atoms with van der Waals surface area (Å²) >= 11 is 0. The van der Waals surface area contributed by atoms with Crippen LogP contribution >= 0.6 is 0 Å². The Morgan fingerprint density at radius 3 is 3.06 bits per heavy atom. The number of aromatic nitrogens is 4. The summed E-state index contributed by atoms with van der Waals surface area (Å²) in [5, 5.41) is 8.05. The standard InChI is InChI=1S/C12H14N4O2/c1-16-6-10(14-15-16)8-5-9(8)11-7(3-4-13-11)12(17)18-2/h3-4,6,8-9,13H,5H2,1-2H3/t8-,9?/m0/s1. The summed E-state index contributed by atoms with van der Waals surface area (Å²) in [5.74, 6) is 0.364. The molecule has 6 nitrogen and oxygen atoms in total. The first-order chi connectivity index (χ1) is 8.70. The lowest BCUT2D eigenvalue weighted by Crippen LogP contribution is -2.03. The average Bonchev–Trinajstić information content (AvgIpc) is 2.82. The van der Waals surface area contributed by atoms with E-state index in [1.807, 2.05) is 13.2 Å². The van der Waals surface area contributed by atoms with Crippen LogP contribution in [0.4, 0.5) is 0 Å². The molecule has 0 radical (unpaired) electrons. The molecule has 2 atom stereocenters. The van der Waals surface area contributed by atoms with Crippen molar-refractivity contribution in [1.29, 1.82) is 0 Å². The molecule has 0 aromatic carbocycles. The van der Waals surface area contributed by atoms with Gasteiger partial charge in [0.05, 0.1) is 18.4 Å². The predicted octanol–water partition coefficient (Wildman–Crippen LogP) is 1.20. The Labute approximate surface area is 104 Å². The number of ether oxygens (including phenoxy) is 1. The molecule has 94 valence electrons. The largest absolute Gasteiger partial charge is 0.465 e. The summed E-state index contributed by atoms with van der Waals surface area (Å²) in [6.45, 7) is 0. The first-order valence-corrected chi connectivity index (χ1v) is 5.82. The fraction of sp³-hybridized carbons (Fsp3) is 0.417. The van der Waals surface area contributed by atoms with Crippen LogP contribution in [0.1, 0.15) is 40.0 Å². The van der Waals surface area contributed by atoms with Crippen LogP contribution in [0.15, 0.2) is 18.5 Å². The van der Waals surface area contributed by atoms with E-state index in [2.05, 4.69) is 15.3 Å². The maximum atomic E-state index is 11.6. The van der Waals surface area contributed by atoms with E-state index >= 15 is 0 Å². The minimum absolute atomic E-state index is 0.295. The number of nitrogens with one attached hydrogen (secondary N) is 1. The van der Waals surface area contributed by atoms with Crippen molar-refractivity contribution >= 4 is 5.97 Å². The number of carbonyl (C=O) groups is 1. The van der Waals surface area contributed by atoms with Gasteiger partial charge in [-0.05, 0) is 12.5 Å². The van der Waals surface area contributed by atoms with Gasteiger partial charge in [-0.3, -0.25) is 4.68 Å². The molecular formula is C12H14N4O2. The highest BCUT2D eigenvalue weighted by Crippen LogP contribution is 2.54. The van der Waals surface area contributed by atoms with Gasteiger partial charge in [0.15, 0.2) is 0 Å². The molecule has 0 aliphatic heterocycles. The van der Waals surface area contributed by atoms with E-state index in [1.165, 1.54) is 7.11 Å². The van der Waals surface area contributed by atoms with Gasteiger partial charge in [0, 0.05) is 37.0 Å². The summed E-state index contributed by atoms with van der Waals surface area (Å²) in [6.07, 6.45) is 4.68. The molecule has 6 heteroatoms. The van der Waals surface area contributed by atoms with Gasteiger partial charge < -0.3 is 9.72 Å². The predicted molar refractivity (Wildman–Crippen MR) is 63.2 cm³/mol. The number of aromatic amines is 1.